The molecule has 5 nitrogen and oxygen atoms in total. The van der Waals surface area contributed by atoms with E-state index in [0.29, 0.717) is 36.8 Å². The number of benzene rings is 1. The SMILES string of the molecule is C[C@@H]1CC[C@@H](C)N1[C@H]1CCCN(C(=O)c2cc3ccccc3oc2=O)C1. The van der Waals surface area contributed by atoms with E-state index < -0.39 is 5.63 Å². The van der Waals surface area contributed by atoms with Crippen LogP contribution in [-0.2, 0) is 0 Å². The molecule has 0 N–H and O–H groups in total. The number of hydrogen-bond donors (Lipinski definition) is 0. The molecule has 4 rings (SSSR count). The summed E-state index contributed by atoms with van der Waals surface area (Å²) in [6.07, 6.45) is 4.54. The monoisotopic (exact) mass is 354 g/mol. The van der Waals surface area contributed by atoms with Gasteiger partial charge in [-0.15, -0.1) is 0 Å². The number of carbonyl (C=O) groups is 1. The second-order valence-electron chi connectivity index (χ2n) is 7.76. The third kappa shape index (κ3) is 3.05. The number of rotatable bonds is 2. The zero-order chi connectivity index (χ0) is 18.3. The van der Waals surface area contributed by atoms with Crippen LogP contribution in [-0.4, -0.2) is 46.9 Å². The van der Waals surface area contributed by atoms with Gasteiger partial charge in [0, 0.05) is 36.6 Å². The molecule has 1 aromatic heterocycles. The molecule has 1 aromatic carbocycles. The van der Waals surface area contributed by atoms with Crippen LogP contribution in [0.3, 0.4) is 0 Å². The summed E-state index contributed by atoms with van der Waals surface area (Å²) in [5.41, 5.74) is 0.121. The Labute approximate surface area is 153 Å². The molecule has 2 fully saturated rings. The van der Waals surface area contributed by atoms with Crippen molar-refractivity contribution in [3.63, 3.8) is 0 Å². The fraction of sp³-hybridized carbons (Fsp3) is 0.524. The van der Waals surface area contributed by atoms with Gasteiger partial charge in [-0.3, -0.25) is 9.69 Å². The van der Waals surface area contributed by atoms with Crippen molar-refractivity contribution < 1.29 is 9.21 Å². The van der Waals surface area contributed by atoms with Crippen molar-refractivity contribution in [3.8, 4) is 0 Å². The second-order valence-corrected chi connectivity index (χ2v) is 7.76. The van der Waals surface area contributed by atoms with Crippen molar-refractivity contribution in [1.29, 1.82) is 0 Å². The zero-order valence-electron chi connectivity index (χ0n) is 15.5. The third-order valence-corrected chi connectivity index (χ3v) is 6.00. The van der Waals surface area contributed by atoms with E-state index in [9.17, 15) is 9.59 Å². The molecular weight excluding hydrogens is 328 g/mol. The lowest BCUT2D eigenvalue weighted by atomic mass is 10.0. The lowest BCUT2D eigenvalue weighted by molar-refractivity contribution is 0.0484. The Morgan fingerprint density at radius 1 is 1.12 bits per heavy atom. The van der Waals surface area contributed by atoms with Crippen molar-refractivity contribution in [2.45, 2.75) is 57.7 Å². The van der Waals surface area contributed by atoms with E-state index in [0.717, 1.165) is 18.2 Å². The summed E-state index contributed by atoms with van der Waals surface area (Å²) in [5, 5.41) is 0.783. The van der Waals surface area contributed by atoms with E-state index >= 15 is 0 Å². The van der Waals surface area contributed by atoms with Gasteiger partial charge in [0.1, 0.15) is 11.1 Å². The molecule has 2 aliphatic heterocycles. The van der Waals surface area contributed by atoms with Gasteiger partial charge in [0.15, 0.2) is 0 Å². The van der Waals surface area contributed by atoms with Crippen molar-refractivity contribution in [3.05, 3.63) is 46.3 Å². The van der Waals surface area contributed by atoms with Gasteiger partial charge in [-0.25, -0.2) is 4.79 Å². The van der Waals surface area contributed by atoms with Gasteiger partial charge >= 0.3 is 5.63 Å². The van der Waals surface area contributed by atoms with E-state index in [1.807, 2.05) is 23.1 Å². The van der Waals surface area contributed by atoms with Crippen molar-refractivity contribution in [2.75, 3.05) is 13.1 Å². The van der Waals surface area contributed by atoms with Crippen LogP contribution in [0.1, 0.15) is 49.9 Å². The Bertz CT molecular complexity index is 865. The number of amides is 1. The van der Waals surface area contributed by atoms with Crippen LogP contribution in [0.25, 0.3) is 11.0 Å². The molecule has 5 heteroatoms. The number of fused-ring (bicyclic) bond motifs is 1. The third-order valence-electron chi connectivity index (χ3n) is 6.00. The fourth-order valence-corrected chi connectivity index (χ4v) is 4.70. The Hall–Kier alpha value is -2.14. The van der Waals surface area contributed by atoms with Gasteiger partial charge in [-0.05, 0) is 51.7 Å². The number of hydrogen-bond acceptors (Lipinski definition) is 4. The first-order chi connectivity index (χ1) is 12.5. The molecule has 0 spiro atoms. The quantitative estimate of drug-likeness (QED) is 0.777. The summed E-state index contributed by atoms with van der Waals surface area (Å²) in [4.78, 5) is 29.8. The first kappa shape index (κ1) is 17.3. The van der Waals surface area contributed by atoms with E-state index in [-0.39, 0.29) is 11.5 Å². The van der Waals surface area contributed by atoms with Crippen LogP contribution >= 0.6 is 0 Å². The Kier molecular flexibility index (Phi) is 4.57. The summed E-state index contributed by atoms with van der Waals surface area (Å²) in [6.45, 7) is 5.96. The Balaban J connectivity index is 1.58. The van der Waals surface area contributed by atoms with E-state index in [1.54, 1.807) is 12.1 Å². The molecule has 2 aliphatic rings. The van der Waals surface area contributed by atoms with E-state index in [2.05, 4.69) is 18.7 Å². The summed E-state index contributed by atoms with van der Waals surface area (Å²) < 4.78 is 5.35. The predicted molar refractivity (Wildman–Crippen MR) is 101 cm³/mol. The van der Waals surface area contributed by atoms with Gasteiger partial charge in [0.25, 0.3) is 5.91 Å². The minimum absolute atomic E-state index is 0.145. The number of nitrogens with zero attached hydrogens (tertiary/aromatic N) is 2. The average molecular weight is 354 g/mol. The average Bonchev–Trinajstić information content (AvgIpc) is 2.99. The summed E-state index contributed by atoms with van der Waals surface area (Å²) >= 11 is 0. The highest BCUT2D eigenvalue weighted by Gasteiger charge is 2.36. The topological polar surface area (TPSA) is 53.8 Å². The lowest BCUT2D eigenvalue weighted by Crippen LogP contribution is -2.53. The highest BCUT2D eigenvalue weighted by molar-refractivity contribution is 5.96. The van der Waals surface area contributed by atoms with Crippen molar-refractivity contribution in [1.82, 2.24) is 9.80 Å². The Morgan fingerprint density at radius 2 is 1.85 bits per heavy atom. The van der Waals surface area contributed by atoms with Gasteiger partial charge in [-0.1, -0.05) is 18.2 Å². The highest BCUT2D eigenvalue weighted by atomic mass is 16.4. The normalized spacial score (nSPS) is 27.2. The summed E-state index contributed by atoms with van der Waals surface area (Å²) in [7, 11) is 0. The molecule has 0 saturated carbocycles. The van der Waals surface area contributed by atoms with Crippen LogP contribution in [0.4, 0.5) is 0 Å². The molecule has 0 radical (unpaired) electrons. The second kappa shape index (κ2) is 6.88. The summed E-state index contributed by atoms with van der Waals surface area (Å²) in [6, 6.07) is 10.5. The Morgan fingerprint density at radius 3 is 2.62 bits per heavy atom. The smallest absolute Gasteiger partial charge is 0.349 e. The minimum atomic E-state index is -0.543. The van der Waals surface area contributed by atoms with E-state index in [4.69, 9.17) is 4.42 Å². The maximum absolute atomic E-state index is 13.0. The molecular formula is C21H26N2O3. The fourth-order valence-electron chi connectivity index (χ4n) is 4.70. The molecule has 138 valence electrons. The first-order valence-corrected chi connectivity index (χ1v) is 9.64. The number of para-hydroxylation sites is 1. The molecule has 0 aliphatic carbocycles. The highest BCUT2D eigenvalue weighted by Crippen LogP contribution is 2.30. The maximum atomic E-state index is 13.0. The largest absolute Gasteiger partial charge is 0.422 e. The first-order valence-electron chi connectivity index (χ1n) is 9.64. The standard InChI is InChI=1S/C21H26N2O3/c1-14-9-10-15(2)23(14)17-7-5-11-22(13-17)20(24)18-12-16-6-3-4-8-19(16)26-21(18)25/h3-4,6,8,12,14-15,17H,5,7,9-11,13H2,1-2H3/t14-,15-,17+/m1/s1. The summed E-state index contributed by atoms with van der Waals surface area (Å²) in [5.74, 6) is -0.200. The molecule has 0 unspecified atom stereocenters. The molecule has 3 heterocycles. The molecule has 2 aromatic rings. The van der Waals surface area contributed by atoms with Gasteiger partial charge < -0.3 is 9.32 Å². The maximum Gasteiger partial charge on any atom is 0.349 e. The van der Waals surface area contributed by atoms with Crippen LogP contribution in [0.5, 0.6) is 0 Å². The molecule has 0 bridgehead atoms. The van der Waals surface area contributed by atoms with Crippen LogP contribution in [0, 0.1) is 0 Å². The van der Waals surface area contributed by atoms with Crippen molar-refractivity contribution in [2.24, 2.45) is 0 Å². The molecule has 3 atom stereocenters. The van der Waals surface area contributed by atoms with Gasteiger partial charge in [-0.2, -0.15) is 0 Å². The zero-order valence-corrected chi connectivity index (χ0v) is 15.5. The number of likely N-dealkylation sites (tertiary alicyclic amines) is 2. The minimum Gasteiger partial charge on any atom is -0.422 e. The van der Waals surface area contributed by atoms with Gasteiger partial charge in [0.2, 0.25) is 0 Å². The number of piperidine rings is 1. The van der Waals surface area contributed by atoms with Crippen LogP contribution in [0.15, 0.2) is 39.5 Å². The molecule has 2 saturated heterocycles. The lowest BCUT2D eigenvalue weighted by Gasteiger charge is -2.41. The van der Waals surface area contributed by atoms with Crippen LogP contribution < -0.4 is 5.63 Å². The van der Waals surface area contributed by atoms with Crippen LogP contribution in [0.2, 0.25) is 0 Å². The molecule has 1 amide bonds. The number of carbonyl (C=O) groups excluding carboxylic acids is 1. The van der Waals surface area contributed by atoms with E-state index in [1.165, 1.54) is 12.8 Å². The molecule has 26 heavy (non-hydrogen) atoms. The van der Waals surface area contributed by atoms with Crippen molar-refractivity contribution >= 4 is 16.9 Å². The predicted octanol–water partition coefficient (Wildman–Crippen LogP) is 3.27. The van der Waals surface area contributed by atoms with Gasteiger partial charge in [0.05, 0.1) is 0 Å².